The maximum absolute atomic E-state index is 11.0. The molecule has 1 fully saturated rings. The van der Waals surface area contributed by atoms with E-state index in [4.69, 9.17) is 0 Å². The Labute approximate surface area is 68.2 Å². The zero-order chi connectivity index (χ0) is 8.32. The van der Waals surface area contributed by atoms with Gasteiger partial charge >= 0.3 is 0 Å². The largest absolute Gasteiger partial charge is 0.300 e. The topological polar surface area (TPSA) is 17.1 Å². The lowest BCUT2D eigenvalue weighted by Gasteiger charge is -2.18. The average Bonchev–Trinajstić information content (AvgIpc) is 2.28. The predicted octanol–water partition coefficient (Wildman–Crippen LogP) is 2.16. The lowest BCUT2D eigenvalue weighted by molar-refractivity contribution is -0.117. The minimum atomic E-state index is 0.195. The number of Topliss-reactive ketones (excluding diaryl/α,β-unsaturated/α-hetero) is 1. The van der Waals surface area contributed by atoms with Crippen LogP contribution in [0, 0.1) is 17.3 Å². The van der Waals surface area contributed by atoms with Crippen LogP contribution in [0.4, 0.5) is 0 Å². The zero-order valence-electron chi connectivity index (χ0n) is 7.24. The van der Waals surface area contributed by atoms with Gasteiger partial charge in [0.1, 0.15) is 5.78 Å². The van der Waals surface area contributed by atoms with Gasteiger partial charge in [-0.3, -0.25) is 4.79 Å². The molecule has 1 aliphatic carbocycles. The van der Waals surface area contributed by atoms with E-state index in [-0.39, 0.29) is 5.41 Å². The van der Waals surface area contributed by atoms with Crippen molar-refractivity contribution in [2.24, 2.45) is 5.41 Å². The number of carbonyl (C=O) groups excluding carboxylic acids is 1. The van der Waals surface area contributed by atoms with Gasteiger partial charge in [-0.2, -0.15) is 0 Å². The van der Waals surface area contributed by atoms with Crippen LogP contribution in [-0.4, -0.2) is 5.78 Å². The molecule has 0 N–H and O–H groups in total. The van der Waals surface area contributed by atoms with Crippen molar-refractivity contribution in [2.75, 3.05) is 0 Å². The summed E-state index contributed by atoms with van der Waals surface area (Å²) in [5, 5.41) is 0. The van der Waals surface area contributed by atoms with Crippen molar-refractivity contribution >= 4 is 5.78 Å². The van der Waals surface area contributed by atoms with Gasteiger partial charge in [0.05, 0.1) is 0 Å². The molecule has 0 spiro atoms. The smallest absolute Gasteiger partial charge is 0.133 e. The van der Waals surface area contributed by atoms with Gasteiger partial charge in [0, 0.05) is 19.3 Å². The van der Waals surface area contributed by atoms with Crippen LogP contribution in [0.3, 0.4) is 0 Å². The highest BCUT2D eigenvalue weighted by Crippen LogP contribution is 2.37. The SMILES string of the molecule is CC#CCC1(C)CCC(=O)C1. The third-order valence-corrected chi connectivity index (χ3v) is 2.32. The molecular formula is C10H14O. The van der Waals surface area contributed by atoms with Crippen molar-refractivity contribution in [2.45, 2.75) is 39.5 Å². The van der Waals surface area contributed by atoms with Crippen molar-refractivity contribution in [3.8, 4) is 11.8 Å². The Balaban J connectivity index is 2.52. The second kappa shape index (κ2) is 3.09. The van der Waals surface area contributed by atoms with Crippen LogP contribution in [0.5, 0.6) is 0 Å². The summed E-state index contributed by atoms with van der Waals surface area (Å²) in [5.74, 6) is 6.33. The van der Waals surface area contributed by atoms with Crippen LogP contribution in [0.15, 0.2) is 0 Å². The number of ketones is 1. The molecular weight excluding hydrogens is 136 g/mol. The fraction of sp³-hybridized carbons (Fsp3) is 0.700. The van der Waals surface area contributed by atoms with Gasteiger partial charge in [-0.15, -0.1) is 11.8 Å². The minimum absolute atomic E-state index is 0.195. The van der Waals surface area contributed by atoms with Crippen molar-refractivity contribution in [3.05, 3.63) is 0 Å². The van der Waals surface area contributed by atoms with Crippen molar-refractivity contribution < 1.29 is 4.79 Å². The Morgan fingerprint density at radius 1 is 1.64 bits per heavy atom. The van der Waals surface area contributed by atoms with Gasteiger partial charge in [-0.25, -0.2) is 0 Å². The van der Waals surface area contributed by atoms with Crippen LogP contribution in [0.25, 0.3) is 0 Å². The Morgan fingerprint density at radius 2 is 2.36 bits per heavy atom. The molecule has 1 nitrogen and oxygen atoms in total. The molecule has 0 aromatic carbocycles. The van der Waals surface area contributed by atoms with Crippen LogP contribution in [0.1, 0.15) is 39.5 Å². The summed E-state index contributed by atoms with van der Waals surface area (Å²) < 4.78 is 0. The van der Waals surface area contributed by atoms with E-state index < -0.39 is 0 Å². The first-order chi connectivity index (χ1) is 5.16. The molecule has 0 aromatic rings. The lowest BCUT2D eigenvalue weighted by Crippen LogP contribution is -2.10. The highest BCUT2D eigenvalue weighted by atomic mass is 16.1. The zero-order valence-corrected chi connectivity index (χ0v) is 7.24. The van der Waals surface area contributed by atoms with E-state index in [1.807, 2.05) is 6.92 Å². The van der Waals surface area contributed by atoms with E-state index in [2.05, 4.69) is 18.8 Å². The Kier molecular flexibility index (Phi) is 2.34. The number of hydrogen-bond donors (Lipinski definition) is 0. The van der Waals surface area contributed by atoms with Crippen LogP contribution >= 0.6 is 0 Å². The summed E-state index contributed by atoms with van der Waals surface area (Å²) >= 11 is 0. The first kappa shape index (κ1) is 8.33. The molecule has 0 radical (unpaired) electrons. The molecule has 0 aliphatic heterocycles. The molecule has 0 saturated heterocycles. The summed E-state index contributed by atoms with van der Waals surface area (Å²) in [5.41, 5.74) is 0.195. The first-order valence-corrected chi connectivity index (χ1v) is 4.08. The first-order valence-electron chi connectivity index (χ1n) is 4.08. The van der Waals surface area contributed by atoms with Crippen LogP contribution in [-0.2, 0) is 4.79 Å². The highest BCUT2D eigenvalue weighted by Gasteiger charge is 2.32. The molecule has 1 unspecified atom stereocenters. The summed E-state index contributed by atoms with van der Waals surface area (Å²) in [6.45, 7) is 4.00. The Bertz CT molecular complexity index is 219. The van der Waals surface area contributed by atoms with Crippen molar-refractivity contribution in [3.63, 3.8) is 0 Å². The van der Waals surface area contributed by atoms with Crippen LogP contribution in [0.2, 0.25) is 0 Å². The van der Waals surface area contributed by atoms with E-state index in [9.17, 15) is 4.79 Å². The van der Waals surface area contributed by atoms with Gasteiger partial charge in [0.2, 0.25) is 0 Å². The molecule has 0 amide bonds. The van der Waals surface area contributed by atoms with E-state index in [0.29, 0.717) is 5.78 Å². The van der Waals surface area contributed by atoms with Gasteiger partial charge in [-0.05, 0) is 18.8 Å². The second-order valence-corrected chi connectivity index (χ2v) is 3.63. The normalized spacial score (nSPS) is 29.8. The third kappa shape index (κ3) is 2.08. The van der Waals surface area contributed by atoms with Crippen LogP contribution < -0.4 is 0 Å². The van der Waals surface area contributed by atoms with Gasteiger partial charge in [0.15, 0.2) is 0 Å². The standard InChI is InChI=1S/C10H14O/c1-3-4-6-10(2)7-5-9(11)8-10/h5-8H2,1-2H3. The van der Waals surface area contributed by atoms with Crippen molar-refractivity contribution in [1.29, 1.82) is 0 Å². The molecule has 60 valence electrons. The van der Waals surface area contributed by atoms with E-state index in [0.717, 1.165) is 25.7 Å². The maximum Gasteiger partial charge on any atom is 0.133 e. The number of rotatable bonds is 1. The molecule has 0 aromatic heterocycles. The average molecular weight is 150 g/mol. The molecule has 1 aliphatic rings. The summed E-state index contributed by atoms with van der Waals surface area (Å²) in [6, 6.07) is 0. The summed E-state index contributed by atoms with van der Waals surface area (Å²) in [6.07, 6.45) is 3.42. The molecule has 1 atom stereocenters. The fourth-order valence-electron chi connectivity index (χ4n) is 1.55. The van der Waals surface area contributed by atoms with Gasteiger partial charge in [0.25, 0.3) is 0 Å². The van der Waals surface area contributed by atoms with E-state index in [1.54, 1.807) is 0 Å². The van der Waals surface area contributed by atoms with E-state index in [1.165, 1.54) is 0 Å². The summed E-state index contributed by atoms with van der Waals surface area (Å²) in [4.78, 5) is 11.0. The molecule has 1 rings (SSSR count). The lowest BCUT2D eigenvalue weighted by atomic mass is 9.85. The molecule has 0 heterocycles. The van der Waals surface area contributed by atoms with Gasteiger partial charge in [-0.1, -0.05) is 6.92 Å². The monoisotopic (exact) mass is 150 g/mol. The Hall–Kier alpha value is -0.770. The number of carbonyl (C=O) groups is 1. The quantitative estimate of drug-likeness (QED) is 0.523. The summed E-state index contributed by atoms with van der Waals surface area (Å²) in [7, 11) is 0. The molecule has 11 heavy (non-hydrogen) atoms. The predicted molar refractivity (Wildman–Crippen MR) is 45.0 cm³/mol. The Morgan fingerprint density at radius 3 is 2.82 bits per heavy atom. The second-order valence-electron chi connectivity index (χ2n) is 3.63. The van der Waals surface area contributed by atoms with Gasteiger partial charge < -0.3 is 0 Å². The third-order valence-electron chi connectivity index (χ3n) is 2.32. The number of hydrogen-bond acceptors (Lipinski definition) is 1. The maximum atomic E-state index is 11.0. The molecule has 0 bridgehead atoms. The molecule has 1 heteroatoms. The molecule has 1 saturated carbocycles. The van der Waals surface area contributed by atoms with Crippen molar-refractivity contribution in [1.82, 2.24) is 0 Å². The van der Waals surface area contributed by atoms with E-state index >= 15 is 0 Å². The highest BCUT2D eigenvalue weighted by molar-refractivity contribution is 5.81. The fourth-order valence-corrected chi connectivity index (χ4v) is 1.55. The minimum Gasteiger partial charge on any atom is -0.300 e.